The number of rotatable bonds is 2. The van der Waals surface area contributed by atoms with Crippen LogP contribution in [0.5, 0.6) is 0 Å². The van der Waals surface area contributed by atoms with Gasteiger partial charge in [0.1, 0.15) is 5.82 Å². The maximum absolute atomic E-state index is 11.5. The number of nitrogens with two attached hydrogens (primary N) is 1. The molecule has 0 aliphatic rings. The van der Waals surface area contributed by atoms with Crippen molar-refractivity contribution in [2.75, 3.05) is 5.73 Å². The first-order chi connectivity index (χ1) is 7.65. The molecule has 16 heavy (non-hydrogen) atoms. The molecule has 1 aromatic carbocycles. The van der Waals surface area contributed by atoms with Crippen molar-refractivity contribution in [3.8, 4) is 0 Å². The van der Waals surface area contributed by atoms with E-state index in [1.807, 2.05) is 31.2 Å². The van der Waals surface area contributed by atoms with E-state index in [0.29, 0.717) is 12.4 Å². The summed E-state index contributed by atoms with van der Waals surface area (Å²) in [5, 5.41) is 3.98. The predicted molar refractivity (Wildman–Crippen MR) is 63.2 cm³/mol. The number of aromatic nitrogens is 2. The van der Waals surface area contributed by atoms with Gasteiger partial charge in [-0.3, -0.25) is 4.79 Å². The third-order valence-electron chi connectivity index (χ3n) is 2.30. The monoisotopic (exact) mass is 215 g/mol. The third-order valence-corrected chi connectivity index (χ3v) is 2.30. The van der Waals surface area contributed by atoms with E-state index in [-0.39, 0.29) is 5.56 Å². The lowest BCUT2D eigenvalue weighted by atomic mass is 10.1. The van der Waals surface area contributed by atoms with E-state index in [9.17, 15) is 4.79 Å². The first-order valence-corrected chi connectivity index (χ1v) is 5.04. The Bertz CT molecular complexity index is 560. The third kappa shape index (κ3) is 2.28. The van der Waals surface area contributed by atoms with Crippen molar-refractivity contribution in [3.63, 3.8) is 0 Å². The van der Waals surface area contributed by atoms with E-state index in [1.54, 1.807) is 0 Å². The second-order valence-corrected chi connectivity index (χ2v) is 3.74. The average Bonchev–Trinajstić information content (AvgIpc) is 2.24. The van der Waals surface area contributed by atoms with Crippen molar-refractivity contribution >= 4 is 5.82 Å². The topological polar surface area (TPSA) is 60.9 Å². The minimum atomic E-state index is -0.143. The molecule has 4 heteroatoms. The molecule has 0 fully saturated rings. The Kier molecular flexibility index (Phi) is 2.72. The molecule has 1 heterocycles. The fourth-order valence-corrected chi connectivity index (χ4v) is 1.56. The summed E-state index contributed by atoms with van der Waals surface area (Å²) in [5.74, 6) is 0.354. The van der Waals surface area contributed by atoms with Gasteiger partial charge < -0.3 is 5.73 Å². The lowest BCUT2D eigenvalue weighted by Gasteiger charge is -2.05. The van der Waals surface area contributed by atoms with Gasteiger partial charge in [0.25, 0.3) is 5.56 Å². The van der Waals surface area contributed by atoms with Crippen LogP contribution in [0, 0.1) is 6.92 Å². The number of hydrogen-bond donors (Lipinski definition) is 1. The number of nitrogens with zero attached hydrogens (tertiary/aromatic N) is 2. The van der Waals surface area contributed by atoms with Crippen LogP contribution in [0.4, 0.5) is 5.82 Å². The van der Waals surface area contributed by atoms with Crippen molar-refractivity contribution in [3.05, 3.63) is 57.9 Å². The minimum Gasteiger partial charge on any atom is -0.382 e. The van der Waals surface area contributed by atoms with Crippen LogP contribution < -0.4 is 11.3 Å². The Morgan fingerprint density at radius 1 is 1.31 bits per heavy atom. The van der Waals surface area contributed by atoms with Crippen LogP contribution in [0.25, 0.3) is 0 Å². The molecule has 2 N–H and O–H groups in total. The predicted octanol–water partition coefficient (Wildman–Crippen LogP) is 1.18. The quantitative estimate of drug-likeness (QED) is 0.818. The summed E-state index contributed by atoms with van der Waals surface area (Å²) in [6, 6.07) is 10.9. The van der Waals surface area contributed by atoms with Crippen LogP contribution >= 0.6 is 0 Å². The van der Waals surface area contributed by atoms with Gasteiger partial charge in [-0.15, -0.1) is 0 Å². The van der Waals surface area contributed by atoms with Crippen molar-refractivity contribution in [1.29, 1.82) is 0 Å². The van der Waals surface area contributed by atoms with E-state index in [1.165, 1.54) is 16.8 Å². The van der Waals surface area contributed by atoms with Crippen LogP contribution in [-0.4, -0.2) is 9.78 Å². The van der Waals surface area contributed by atoms with Crippen molar-refractivity contribution in [1.82, 2.24) is 9.78 Å². The minimum absolute atomic E-state index is 0.143. The molecule has 0 unspecified atom stereocenters. The van der Waals surface area contributed by atoms with E-state index in [4.69, 9.17) is 5.73 Å². The molecule has 2 aromatic rings. The van der Waals surface area contributed by atoms with Gasteiger partial charge in [-0.1, -0.05) is 29.8 Å². The number of anilines is 1. The Morgan fingerprint density at radius 2 is 2.12 bits per heavy atom. The molecule has 0 aliphatic carbocycles. The van der Waals surface area contributed by atoms with Gasteiger partial charge in [-0.05, 0) is 18.6 Å². The smallest absolute Gasteiger partial charge is 0.267 e. The van der Waals surface area contributed by atoms with Gasteiger partial charge in [-0.25, -0.2) is 4.68 Å². The molecule has 0 saturated heterocycles. The van der Waals surface area contributed by atoms with Gasteiger partial charge in [0.15, 0.2) is 0 Å². The molecule has 0 bridgehead atoms. The molecule has 0 saturated carbocycles. The molecule has 0 atom stereocenters. The first kappa shape index (κ1) is 10.4. The maximum Gasteiger partial charge on any atom is 0.267 e. The molecule has 0 radical (unpaired) electrons. The summed E-state index contributed by atoms with van der Waals surface area (Å²) in [5.41, 5.74) is 7.60. The molecule has 82 valence electrons. The lowest BCUT2D eigenvalue weighted by Crippen LogP contribution is -2.23. The highest BCUT2D eigenvalue weighted by atomic mass is 16.1. The van der Waals surface area contributed by atoms with Crippen molar-refractivity contribution in [2.45, 2.75) is 13.5 Å². The van der Waals surface area contributed by atoms with Crippen LogP contribution in [0.2, 0.25) is 0 Å². The summed E-state index contributed by atoms with van der Waals surface area (Å²) in [6.45, 7) is 2.46. The fraction of sp³-hybridized carbons (Fsp3) is 0.167. The van der Waals surface area contributed by atoms with E-state index < -0.39 is 0 Å². The second-order valence-electron chi connectivity index (χ2n) is 3.74. The summed E-state index contributed by atoms with van der Waals surface area (Å²) in [6.07, 6.45) is 0. The number of benzene rings is 1. The zero-order chi connectivity index (χ0) is 11.5. The normalized spacial score (nSPS) is 10.3. The Morgan fingerprint density at radius 3 is 2.88 bits per heavy atom. The van der Waals surface area contributed by atoms with Gasteiger partial charge in [0.2, 0.25) is 0 Å². The number of aryl methyl sites for hydroxylation is 1. The van der Waals surface area contributed by atoms with E-state index in [2.05, 4.69) is 5.10 Å². The zero-order valence-electron chi connectivity index (χ0n) is 9.05. The molecule has 0 aliphatic heterocycles. The molecule has 1 aromatic heterocycles. The van der Waals surface area contributed by atoms with E-state index >= 15 is 0 Å². The molecular formula is C12H13N3O. The van der Waals surface area contributed by atoms with Crippen LogP contribution in [0.15, 0.2) is 41.2 Å². The Hall–Kier alpha value is -2.10. The molecule has 0 amide bonds. The summed E-state index contributed by atoms with van der Waals surface area (Å²) >= 11 is 0. The molecular weight excluding hydrogens is 202 g/mol. The second kappa shape index (κ2) is 4.18. The van der Waals surface area contributed by atoms with Crippen molar-refractivity contribution < 1.29 is 0 Å². The average molecular weight is 215 g/mol. The number of hydrogen-bond acceptors (Lipinski definition) is 3. The molecule has 0 spiro atoms. The van der Waals surface area contributed by atoms with Gasteiger partial charge in [0, 0.05) is 6.07 Å². The van der Waals surface area contributed by atoms with Gasteiger partial charge >= 0.3 is 0 Å². The highest BCUT2D eigenvalue weighted by molar-refractivity contribution is 5.25. The summed E-state index contributed by atoms with van der Waals surface area (Å²) in [7, 11) is 0. The molecule has 4 nitrogen and oxygen atoms in total. The Balaban J connectivity index is 2.34. The van der Waals surface area contributed by atoms with Crippen molar-refractivity contribution in [2.24, 2.45) is 0 Å². The van der Waals surface area contributed by atoms with Gasteiger partial charge in [-0.2, -0.15) is 5.10 Å². The zero-order valence-corrected chi connectivity index (χ0v) is 9.05. The molecule has 2 rings (SSSR count). The fourth-order valence-electron chi connectivity index (χ4n) is 1.56. The standard InChI is InChI=1S/C12H13N3O/c1-9-3-2-4-10(7-9)8-15-12(16)6-5-11(13)14-15/h2-7H,8H2,1H3,(H2,13,14). The maximum atomic E-state index is 11.5. The summed E-state index contributed by atoms with van der Waals surface area (Å²) in [4.78, 5) is 11.5. The summed E-state index contributed by atoms with van der Waals surface area (Å²) < 4.78 is 1.37. The van der Waals surface area contributed by atoms with Crippen LogP contribution in [0.3, 0.4) is 0 Å². The van der Waals surface area contributed by atoms with Gasteiger partial charge in [0.05, 0.1) is 6.54 Å². The largest absolute Gasteiger partial charge is 0.382 e. The lowest BCUT2D eigenvalue weighted by molar-refractivity contribution is 0.644. The Labute approximate surface area is 93.3 Å². The highest BCUT2D eigenvalue weighted by Crippen LogP contribution is 2.04. The van der Waals surface area contributed by atoms with Crippen LogP contribution in [-0.2, 0) is 6.54 Å². The van der Waals surface area contributed by atoms with Crippen LogP contribution in [0.1, 0.15) is 11.1 Å². The highest BCUT2D eigenvalue weighted by Gasteiger charge is 2.00. The first-order valence-electron chi connectivity index (χ1n) is 5.04. The number of nitrogen functional groups attached to an aromatic ring is 1. The van der Waals surface area contributed by atoms with E-state index in [0.717, 1.165) is 11.1 Å². The SMILES string of the molecule is Cc1cccc(Cn2nc(N)ccc2=O)c1.